The second-order valence-corrected chi connectivity index (χ2v) is 14.2. The van der Waals surface area contributed by atoms with Crippen molar-refractivity contribution in [2.45, 2.75) is 1.04 Å². The van der Waals surface area contributed by atoms with Gasteiger partial charge in [0.1, 0.15) is 0 Å². The van der Waals surface area contributed by atoms with Crippen LogP contribution in [0.4, 0.5) is 0 Å². The van der Waals surface area contributed by atoms with Crippen molar-refractivity contribution >= 4 is 57.8 Å². The van der Waals surface area contributed by atoms with E-state index in [2.05, 4.69) is 0 Å². The summed E-state index contributed by atoms with van der Waals surface area (Å²) in [5.41, 5.74) is 0. The molecular formula is C2H2OPb2. The van der Waals surface area contributed by atoms with Gasteiger partial charge < -0.3 is 0 Å². The summed E-state index contributed by atoms with van der Waals surface area (Å²) in [6.07, 6.45) is 1.04. The zero-order chi connectivity index (χ0) is 4.28. The zero-order valence-electron chi connectivity index (χ0n) is 2.56. The van der Waals surface area contributed by atoms with Gasteiger partial charge in [0.05, 0.1) is 0 Å². The van der Waals surface area contributed by atoms with Gasteiger partial charge in [-0.05, 0) is 0 Å². The van der Waals surface area contributed by atoms with Crippen molar-refractivity contribution in [1.29, 1.82) is 0 Å². The van der Waals surface area contributed by atoms with Crippen LogP contribution < -0.4 is 0 Å². The van der Waals surface area contributed by atoms with Crippen LogP contribution in [0.25, 0.3) is 0 Å². The molecule has 0 saturated heterocycles. The summed E-state index contributed by atoms with van der Waals surface area (Å²) in [4.78, 5) is 9.57. The van der Waals surface area contributed by atoms with Crippen molar-refractivity contribution in [3.8, 4) is 0 Å². The van der Waals surface area contributed by atoms with Gasteiger partial charge in [-0.1, -0.05) is 0 Å². The molecule has 0 amide bonds. The molecule has 0 aliphatic rings. The van der Waals surface area contributed by atoms with E-state index in [1.54, 1.807) is 0 Å². The van der Waals surface area contributed by atoms with Crippen LogP contribution in [0.1, 0.15) is 0 Å². The SMILES string of the molecule is O=C[CH]([Pb])[Pb]. The van der Waals surface area contributed by atoms with Crippen LogP contribution in [0.5, 0.6) is 0 Å². The third-order valence-corrected chi connectivity index (χ3v) is 1.19. The van der Waals surface area contributed by atoms with Gasteiger partial charge in [0, 0.05) is 0 Å². The maximum absolute atomic E-state index is 9.57. The molecule has 0 fully saturated rings. The van der Waals surface area contributed by atoms with Gasteiger partial charge in [-0.15, -0.1) is 0 Å². The summed E-state index contributed by atoms with van der Waals surface area (Å²) in [7, 11) is 0. The molecule has 0 spiro atoms. The van der Waals surface area contributed by atoms with E-state index in [1.165, 1.54) is 0 Å². The Hall–Kier alpha value is 1.51. The van der Waals surface area contributed by atoms with Gasteiger partial charge in [0.15, 0.2) is 0 Å². The average molecular weight is 456 g/mol. The van der Waals surface area contributed by atoms with E-state index in [4.69, 9.17) is 0 Å². The van der Waals surface area contributed by atoms with Gasteiger partial charge in [-0.2, -0.15) is 0 Å². The number of aldehydes is 1. The molecule has 0 bridgehead atoms. The Balaban J connectivity index is 2.83. The Morgan fingerprint density at radius 2 is 1.80 bits per heavy atom. The third-order valence-electron chi connectivity index (χ3n) is 0.136. The Morgan fingerprint density at radius 1 is 1.60 bits per heavy atom. The topological polar surface area (TPSA) is 17.1 Å². The first-order chi connectivity index (χ1) is 2.27. The zero-order valence-corrected chi connectivity index (χ0v) is 10.3. The van der Waals surface area contributed by atoms with Crippen molar-refractivity contribution < 1.29 is 4.79 Å². The minimum atomic E-state index is 0.481. The molecule has 6 radical (unpaired) electrons. The van der Waals surface area contributed by atoms with E-state index >= 15 is 0 Å². The normalized spacial score (nSPS) is 8.60. The first kappa shape index (κ1) is 6.51. The fourth-order valence-electron chi connectivity index (χ4n) is 0. The first-order valence-corrected chi connectivity index (χ1v) is 5.64. The summed E-state index contributed by atoms with van der Waals surface area (Å²) in [5, 5.41) is 0. The standard InChI is InChI=1S/C2H2O.2Pb/c1-2-3;;/h1-2H;;. The molecule has 0 unspecified atom stereocenters. The number of hydrogen-bond donors (Lipinski definition) is 0. The summed E-state index contributed by atoms with van der Waals surface area (Å²) < 4.78 is 0.481. The van der Waals surface area contributed by atoms with E-state index in [-0.39, 0.29) is 0 Å². The predicted molar refractivity (Wildman–Crippen MR) is 21.3 cm³/mol. The van der Waals surface area contributed by atoms with Crippen LogP contribution in [-0.2, 0) is 4.79 Å². The van der Waals surface area contributed by atoms with Crippen LogP contribution in [0, 0.1) is 0 Å². The molecule has 0 aromatic heterocycles. The monoisotopic (exact) mass is 458 g/mol. The van der Waals surface area contributed by atoms with Crippen molar-refractivity contribution in [1.82, 2.24) is 0 Å². The number of carbonyl (C=O) groups excluding carboxylic acids is 1. The Morgan fingerprint density at radius 3 is 1.80 bits per heavy atom. The van der Waals surface area contributed by atoms with E-state index < -0.39 is 0 Å². The molecule has 0 rings (SSSR count). The van der Waals surface area contributed by atoms with Gasteiger partial charge in [-0.25, -0.2) is 0 Å². The summed E-state index contributed by atoms with van der Waals surface area (Å²) in [6.45, 7) is 0. The van der Waals surface area contributed by atoms with E-state index in [9.17, 15) is 4.79 Å². The van der Waals surface area contributed by atoms with E-state index in [0.29, 0.717) is 1.04 Å². The van der Waals surface area contributed by atoms with Crippen LogP contribution in [0.2, 0.25) is 1.04 Å². The van der Waals surface area contributed by atoms with E-state index in [0.717, 1.165) is 57.8 Å². The molecule has 3 heteroatoms. The molecule has 24 valence electrons. The minimum absolute atomic E-state index is 0.481. The van der Waals surface area contributed by atoms with Gasteiger partial charge in [0.25, 0.3) is 0 Å². The molecule has 0 aromatic rings. The third kappa shape index (κ3) is 5.51. The predicted octanol–water partition coefficient (Wildman–Crippen LogP) is -0.732. The molecule has 0 aromatic carbocycles. The van der Waals surface area contributed by atoms with Crippen LogP contribution in [-0.4, -0.2) is 57.8 Å². The van der Waals surface area contributed by atoms with Crippen molar-refractivity contribution in [3.05, 3.63) is 0 Å². The van der Waals surface area contributed by atoms with E-state index in [1.807, 2.05) is 0 Å². The second-order valence-electron chi connectivity index (χ2n) is 0.614. The quantitative estimate of drug-likeness (QED) is 0.376. The summed E-state index contributed by atoms with van der Waals surface area (Å²) in [5.74, 6) is 0. The second kappa shape index (κ2) is 3.70. The van der Waals surface area contributed by atoms with Crippen molar-refractivity contribution in [3.63, 3.8) is 0 Å². The first-order valence-electron chi connectivity index (χ1n) is 1.15. The van der Waals surface area contributed by atoms with Crippen LogP contribution in [0.15, 0.2) is 0 Å². The molecular weight excluding hydrogens is 454 g/mol. The van der Waals surface area contributed by atoms with Crippen LogP contribution in [0.3, 0.4) is 0 Å². The van der Waals surface area contributed by atoms with Crippen molar-refractivity contribution in [2.24, 2.45) is 0 Å². The summed E-state index contributed by atoms with van der Waals surface area (Å²) >= 11 is 2.13. The van der Waals surface area contributed by atoms with Gasteiger partial charge in [-0.3, -0.25) is 0 Å². The molecule has 1 nitrogen and oxygen atoms in total. The number of rotatable bonds is 1. The van der Waals surface area contributed by atoms with Gasteiger partial charge >= 0.3 is 63.7 Å². The number of hydrogen-bond acceptors (Lipinski definition) is 1. The molecule has 0 atom stereocenters. The van der Waals surface area contributed by atoms with Crippen molar-refractivity contribution in [2.75, 3.05) is 0 Å². The molecule has 0 aliphatic carbocycles. The number of carbonyl (C=O) groups is 1. The molecule has 0 saturated carbocycles. The molecule has 0 heterocycles. The van der Waals surface area contributed by atoms with Crippen LogP contribution >= 0.6 is 0 Å². The molecule has 0 aliphatic heterocycles. The average Bonchev–Trinajstić information content (AvgIpc) is 1.38. The Kier molecular flexibility index (Phi) is 4.81. The van der Waals surface area contributed by atoms with Gasteiger partial charge in [0.2, 0.25) is 0 Å². The Bertz CT molecular complexity index is 34.6. The fourth-order valence-corrected chi connectivity index (χ4v) is 0. The summed E-state index contributed by atoms with van der Waals surface area (Å²) in [6, 6.07) is 0. The molecule has 0 N–H and O–H groups in total. The fraction of sp³-hybridized carbons (Fsp3) is 0.500. The Labute approximate surface area is 62.9 Å². The molecule has 5 heavy (non-hydrogen) atoms. The maximum atomic E-state index is 9.57.